The smallest absolute Gasteiger partial charge is 0.223 e. The van der Waals surface area contributed by atoms with Crippen LogP contribution in [0.1, 0.15) is 38.5 Å². The lowest BCUT2D eigenvalue weighted by Gasteiger charge is -2.31. The minimum Gasteiger partial charge on any atom is -0.349 e. The van der Waals surface area contributed by atoms with E-state index in [0.29, 0.717) is 6.54 Å². The Morgan fingerprint density at radius 1 is 1.31 bits per heavy atom. The van der Waals surface area contributed by atoms with Crippen molar-refractivity contribution in [1.29, 1.82) is 0 Å². The Bertz CT molecular complexity index is 245. The summed E-state index contributed by atoms with van der Waals surface area (Å²) in [5.74, 6) is 2.76. The van der Waals surface area contributed by atoms with Gasteiger partial charge in [0, 0.05) is 12.5 Å². The third-order valence-electron chi connectivity index (χ3n) is 3.93. The molecule has 1 heterocycles. The van der Waals surface area contributed by atoms with Crippen LogP contribution in [0.3, 0.4) is 0 Å². The predicted molar refractivity (Wildman–Crippen MR) is 68.4 cm³/mol. The first kappa shape index (κ1) is 12.2. The van der Waals surface area contributed by atoms with Gasteiger partial charge in [-0.05, 0) is 37.2 Å². The fraction of sp³-hybridized carbons (Fsp3) is 0.917. The van der Waals surface area contributed by atoms with Crippen LogP contribution >= 0.6 is 11.8 Å². The molecule has 4 heteroatoms. The van der Waals surface area contributed by atoms with Crippen LogP contribution in [0.15, 0.2) is 0 Å². The monoisotopic (exact) mass is 242 g/mol. The molecule has 2 rings (SSSR count). The second kappa shape index (κ2) is 5.41. The van der Waals surface area contributed by atoms with Crippen molar-refractivity contribution in [2.45, 2.75) is 44.1 Å². The van der Waals surface area contributed by atoms with Gasteiger partial charge in [-0.2, -0.15) is 11.8 Å². The van der Waals surface area contributed by atoms with Crippen molar-refractivity contribution in [3.05, 3.63) is 0 Å². The summed E-state index contributed by atoms with van der Waals surface area (Å²) in [5, 5.41) is 3.24. The van der Waals surface area contributed by atoms with Crippen LogP contribution in [-0.2, 0) is 4.79 Å². The molecule has 92 valence electrons. The van der Waals surface area contributed by atoms with E-state index in [1.54, 1.807) is 0 Å². The zero-order chi connectivity index (χ0) is 11.4. The summed E-state index contributed by atoms with van der Waals surface area (Å²) >= 11 is 1.96. The zero-order valence-corrected chi connectivity index (χ0v) is 10.7. The third-order valence-corrected chi connectivity index (χ3v) is 4.98. The van der Waals surface area contributed by atoms with Gasteiger partial charge in [0.25, 0.3) is 0 Å². The molecular formula is C12H22N2OS. The van der Waals surface area contributed by atoms with Crippen molar-refractivity contribution in [3.8, 4) is 0 Å². The number of carbonyl (C=O) groups is 1. The van der Waals surface area contributed by atoms with Crippen molar-refractivity contribution < 1.29 is 4.79 Å². The normalized spacial score (nSPS) is 25.6. The van der Waals surface area contributed by atoms with Crippen molar-refractivity contribution in [3.63, 3.8) is 0 Å². The molecule has 3 nitrogen and oxygen atoms in total. The molecule has 16 heavy (non-hydrogen) atoms. The molecule has 1 amide bonds. The number of nitrogens with one attached hydrogen (secondary N) is 1. The first-order valence-corrected chi connectivity index (χ1v) is 7.51. The summed E-state index contributed by atoms with van der Waals surface area (Å²) < 4.78 is 0. The number of nitrogens with two attached hydrogens (primary N) is 1. The van der Waals surface area contributed by atoms with Crippen LogP contribution in [-0.4, -0.2) is 29.5 Å². The molecule has 0 aromatic heterocycles. The summed E-state index contributed by atoms with van der Waals surface area (Å²) in [6.45, 7) is 0.597. The van der Waals surface area contributed by atoms with Crippen LogP contribution in [0.2, 0.25) is 0 Å². The highest BCUT2D eigenvalue weighted by Gasteiger charge is 2.35. The highest BCUT2D eigenvalue weighted by molar-refractivity contribution is 7.99. The minimum absolute atomic E-state index is 0.0678. The molecule has 0 aromatic carbocycles. The van der Waals surface area contributed by atoms with E-state index in [-0.39, 0.29) is 17.4 Å². The second-order valence-electron chi connectivity index (χ2n) is 5.07. The van der Waals surface area contributed by atoms with Crippen molar-refractivity contribution in [1.82, 2.24) is 5.32 Å². The van der Waals surface area contributed by atoms with Gasteiger partial charge in [-0.15, -0.1) is 0 Å². The maximum atomic E-state index is 12.1. The summed E-state index contributed by atoms with van der Waals surface area (Å²) in [5.41, 5.74) is 5.76. The zero-order valence-electron chi connectivity index (χ0n) is 9.84. The van der Waals surface area contributed by atoms with Crippen LogP contribution in [0.4, 0.5) is 0 Å². The van der Waals surface area contributed by atoms with Gasteiger partial charge in [-0.1, -0.05) is 12.8 Å². The van der Waals surface area contributed by atoms with E-state index >= 15 is 0 Å². The number of hydrogen-bond donors (Lipinski definition) is 2. The maximum absolute atomic E-state index is 12.1. The summed E-state index contributed by atoms with van der Waals surface area (Å²) in [6, 6.07) is 0. The number of carbonyl (C=O) groups excluding carboxylic acids is 1. The van der Waals surface area contributed by atoms with E-state index in [0.717, 1.165) is 37.2 Å². The Balaban J connectivity index is 1.89. The average molecular weight is 242 g/mol. The predicted octanol–water partition coefficient (Wildman–Crippen LogP) is 1.52. The van der Waals surface area contributed by atoms with E-state index < -0.39 is 0 Å². The molecular weight excluding hydrogens is 220 g/mol. The van der Waals surface area contributed by atoms with Crippen molar-refractivity contribution >= 4 is 17.7 Å². The molecule has 0 spiro atoms. The molecule has 2 fully saturated rings. The largest absolute Gasteiger partial charge is 0.349 e. The third kappa shape index (κ3) is 2.72. The van der Waals surface area contributed by atoms with E-state index in [2.05, 4.69) is 5.32 Å². The molecule has 1 aliphatic heterocycles. The summed E-state index contributed by atoms with van der Waals surface area (Å²) in [7, 11) is 0. The topological polar surface area (TPSA) is 55.1 Å². The van der Waals surface area contributed by atoms with E-state index in [9.17, 15) is 4.79 Å². The number of rotatable bonds is 3. The van der Waals surface area contributed by atoms with Crippen LogP contribution in [0, 0.1) is 5.92 Å². The molecule has 0 unspecified atom stereocenters. The Labute approximate surface area is 102 Å². The van der Waals surface area contributed by atoms with Gasteiger partial charge in [-0.3, -0.25) is 4.79 Å². The lowest BCUT2D eigenvalue weighted by atomic mass is 9.94. The maximum Gasteiger partial charge on any atom is 0.223 e. The fourth-order valence-corrected chi connectivity index (χ4v) is 3.86. The summed E-state index contributed by atoms with van der Waals surface area (Å²) in [4.78, 5) is 12.1. The van der Waals surface area contributed by atoms with Crippen molar-refractivity contribution in [2.24, 2.45) is 11.7 Å². The van der Waals surface area contributed by atoms with Gasteiger partial charge in [0.05, 0.1) is 5.54 Å². The number of hydrogen-bond acceptors (Lipinski definition) is 3. The molecule has 0 aromatic rings. The van der Waals surface area contributed by atoms with Gasteiger partial charge in [0.15, 0.2) is 0 Å². The fourth-order valence-electron chi connectivity index (χ4n) is 2.76. The molecule has 0 bridgehead atoms. The Morgan fingerprint density at radius 3 is 2.50 bits per heavy atom. The summed E-state index contributed by atoms with van der Waals surface area (Å²) in [6.07, 6.45) is 6.62. The van der Waals surface area contributed by atoms with Crippen LogP contribution in [0.25, 0.3) is 0 Å². The lowest BCUT2D eigenvalue weighted by Crippen LogP contribution is -2.53. The van der Waals surface area contributed by atoms with Gasteiger partial charge in [0.1, 0.15) is 0 Å². The van der Waals surface area contributed by atoms with Gasteiger partial charge >= 0.3 is 0 Å². The lowest BCUT2D eigenvalue weighted by molar-refractivity contribution is -0.127. The van der Waals surface area contributed by atoms with Gasteiger partial charge < -0.3 is 11.1 Å². The van der Waals surface area contributed by atoms with E-state index in [1.165, 1.54) is 12.8 Å². The van der Waals surface area contributed by atoms with Crippen LogP contribution < -0.4 is 11.1 Å². The SMILES string of the molecule is NCC1(NC(=O)C2CCSCC2)CCCC1. The average Bonchev–Trinajstić information content (AvgIpc) is 2.79. The molecule has 0 atom stereocenters. The first-order chi connectivity index (χ1) is 7.76. The minimum atomic E-state index is -0.0678. The molecule has 1 saturated heterocycles. The standard InChI is InChI=1S/C12H22N2OS/c13-9-12(5-1-2-6-12)14-11(15)10-3-7-16-8-4-10/h10H,1-9,13H2,(H,14,15). The molecule has 1 saturated carbocycles. The second-order valence-corrected chi connectivity index (χ2v) is 6.29. The number of amides is 1. The quantitative estimate of drug-likeness (QED) is 0.789. The molecule has 0 radical (unpaired) electrons. The Hall–Kier alpha value is -0.220. The molecule has 1 aliphatic carbocycles. The van der Waals surface area contributed by atoms with Crippen LogP contribution in [0.5, 0.6) is 0 Å². The molecule has 3 N–H and O–H groups in total. The Morgan fingerprint density at radius 2 is 1.94 bits per heavy atom. The Kier molecular flexibility index (Phi) is 4.14. The van der Waals surface area contributed by atoms with Crippen molar-refractivity contribution in [2.75, 3.05) is 18.1 Å². The highest BCUT2D eigenvalue weighted by Crippen LogP contribution is 2.30. The highest BCUT2D eigenvalue weighted by atomic mass is 32.2. The number of thioether (sulfide) groups is 1. The molecule has 2 aliphatic rings. The first-order valence-electron chi connectivity index (χ1n) is 6.36. The van der Waals surface area contributed by atoms with E-state index in [4.69, 9.17) is 5.73 Å². The van der Waals surface area contributed by atoms with E-state index in [1.807, 2.05) is 11.8 Å². The van der Waals surface area contributed by atoms with Gasteiger partial charge in [-0.25, -0.2) is 0 Å². The van der Waals surface area contributed by atoms with Gasteiger partial charge in [0.2, 0.25) is 5.91 Å².